The van der Waals surface area contributed by atoms with Crippen LogP contribution < -0.4 is 10.6 Å². The van der Waals surface area contributed by atoms with Gasteiger partial charge in [0, 0.05) is 17.8 Å². The molecule has 1 aliphatic rings. The van der Waals surface area contributed by atoms with Gasteiger partial charge >= 0.3 is 0 Å². The van der Waals surface area contributed by atoms with Crippen LogP contribution in [0.1, 0.15) is 39.0 Å². The molecule has 1 aliphatic carbocycles. The van der Waals surface area contributed by atoms with Crippen molar-refractivity contribution in [3.63, 3.8) is 0 Å². The van der Waals surface area contributed by atoms with Gasteiger partial charge in [-0.1, -0.05) is 13.3 Å². The van der Waals surface area contributed by atoms with Crippen LogP contribution in [0.4, 0.5) is 16.2 Å². The van der Waals surface area contributed by atoms with E-state index in [1.54, 1.807) is 0 Å². The molecule has 0 bridgehead atoms. The Hall–Kier alpha value is -1.04. The molecule has 1 aromatic rings. The molecule has 4 nitrogen and oxygen atoms in total. The van der Waals surface area contributed by atoms with Gasteiger partial charge in [0.2, 0.25) is 5.95 Å². The molecule has 0 radical (unpaired) electrons. The topological polar surface area (TPSA) is 49.8 Å². The number of anilines is 2. The molecule has 0 saturated heterocycles. The predicted octanol–water partition coefficient (Wildman–Crippen LogP) is 3.52. The zero-order valence-corrected chi connectivity index (χ0v) is 13.0. The minimum Gasteiger partial charge on any atom is -0.365 e. The molecule has 1 saturated carbocycles. The fourth-order valence-corrected chi connectivity index (χ4v) is 3.30. The van der Waals surface area contributed by atoms with Crippen molar-refractivity contribution in [2.75, 3.05) is 23.4 Å². The second-order valence-corrected chi connectivity index (χ2v) is 6.32. The van der Waals surface area contributed by atoms with Gasteiger partial charge in [-0.05, 0) is 31.9 Å². The van der Waals surface area contributed by atoms with Gasteiger partial charge in [-0.3, -0.25) is 0 Å². The highest BCUT2D eigenvalue weighted by atomic mass is 32.2. The quantitative estimate of drug-likeness (QED) is 0.841. The summed E-state index contributed by atoms with van der Waals surface area (Å²) in [6, 6.07) is 0.310. The van der Waals surface area contributed by atoms with Crippen molar-refractivity contribution in [1.82, 2.24) is 9.97 Å². The molecule has 2 unspecified atom stereocenters. The van der Waals surface area contributed by atoms with Gasteiger partial charge in [0.25, 0.3) is 0 Å². The van der Waals surface area contributed by atoms with Crippen molar-refractivity contribution in [2.45, 2.75) is 50.3 Å². The van der Waals surface area contributed by atoms with E-state index in [9.17, 15) is 4.39 Å². The summed E-state index contributed by atoms with van der Waals surface area (Å²) in [5.74, 6) is 0.441. The molecule has 0 aliphatic heterocycles. The third kappa shape index (κ3) is 4.23. The van der Waals surface area contributed by atoms with Gasteiger partial charge in [-0.2, -0.15) is 16.7 Å². The summed E-state index contributed by atoms with van der Waals surface area (Å²) in [6.07, 6.45) is 8.97. The number of halogens is 1. The Balaban J connectivity index is 2.00. The Labute approximate surface area is 124 Å². The normalized spacial score (nSPS) is 22.6. The summed E-state index contributed by atoms with van der Waals surface area (Å²) in [5, 5.41) is 7.01. The van der Waals surface area contributed by atoms with Crippen LogP contribution in [0.15, 0.2) is 6.20 Å². The highest BCUT2D eigenvalue weighted by Crippen LogP contribution is 2.29. The maximum atomic E-state index is 13.8. The van der Waals surface area contributed by atoms with Crippen LogP contribution in [-0.4, -0.2) is 34.1 Å². The average molecular weight is 298 g/mol. The van der Waals surface area contributed by atoms with E-state index >= 15 is 0 Å². The third-order valence-electron chi connectivity index (χ3n) is 3.58. The van der Waals surface area contributed by atoms with Crippen LogP contribution in [-0.2, 0) is 0 Å². The number of nitrogens with zero attached hydrogens (tertiary/aromatic N) is 2. The van der Waals surface area contributed by atoms with E-state index in [2.05, 4.69) is 33.8 Å². The van der Waals surface area contributed by atoms with E-state index in [0.29, 0.717) is 23.1 Å². The molecular formula is C14H23FN4S. The van der Waals surface area contributed by atoms with Gasteiger partial charge in [0.15, 0.2) is 11.6 Å². The Bertz CT molecular complexity index is 430. The molecule has 2 rings (SSSR count). The molecule has 0 amide bonds. The molecule has 0 aromatic carbocycles. The summed E-state index contributed by atoms with van der Waals surface area (Å²) in [4.78, 5) is 8.20. The molecule has 6 heteroatoms. The van der Waals surface area contributed by atoms with Gasteiger partial charge in [0.05, 0.1) is 6.20 Å². The van der Waals surface area contributed by atoms with Gasteiger partial charge in [-0.25, -0.2) is 9.37 Å². The van der Waals surface area contributed by atoms with Crippen molar-refractivity contribution in [3.05, 3.63) is 12.0 Å². The number of thioether (sulfide) groups is 1. The Morgan fingerprint density at radius 2 is 2.30 bits per heavy atom. The van der Waals surface area contributed by atoms with E-state index in [1.807, 2.05) is 11.8 Å². The SMILES string of the molecule is CCCNc1ncc(F)c(NC2CCCC(SC)C2)n1. The molecule has 0 spiro atoms. The summed E-state index contributed by atoms with van der Waals surface area (Å²) < 4.78 is 13.8. The summed E-state index contributed by atoms with van der Waals surface area (Å²) in [5.41, 5.74) is 0. The maximum Gasteiger partial charge on any atom is 0.224 e. The molecule has 20 heavy (non-hydrogen) atoms. The Morgan fingerprint density at radius 3 is 3.05 bits per heavy atom. The first kappa shape index (κ1) is 15.4. The lowest BCUT2D eigenvalue weighted by molar-refractivity contribution is 0.470. The van der Waals surface area contributed by atoms with Crippen LogP contribution >= 0.6 is 11.8 Å². The lowest BCUT2D eigenvalue weighted by atomic mass is 9.95. The van der Waals surface area contributed by atoms with Crippen molar-refractivity contribution < 1.29 is 4.39 Å². The number of nitrogens with one attached hydrogen (secondary N) is 2. The maximum absolute atomic E-state index is 13.8. The predicted molar refractivity (Wildman–Crippen MR) is 84.0 cm³/mol. The fourth-order valence-electron chi connectivity index (χ4n) is 2.47. The lowest BCUT2D eigenvalue weighted by Crippen LogP contribution is -2.29. The van der Waals surface area contributed by atoms with Crippen LogP contribution in [0.5, 0.6) is 0 Å². The van der Waals surface area contributed by atoms with Crippen molar-refractivity contribution in [1.29, 1.82) is 0 Å². The van der Waals surface area contributed by atoms with E-state index in [1.165, 1.54) is 19.0 Å². The first-order chi connectivity index (χ1) is 9.72. The fraction of sp³-hybridized carbons (Fsp3) is 0.714. The van der Waals surface area contributed by atoms with E-state index in [4.69, 9.17) is 0 Å². The smallest absolute Gasteiger partial charge is 0.224 e. The minimum atomic E-state index is -0.377. The number of aromatic nitrogens is 2. The molecule has 2 atom stereocenters. The van der Waals surface area contributed by atoms with Gasteiger partial charge < -0.3 is 10.6 Å². The van der Waals surface area contributed by atoms with Gasteiger partial charge in [0.1, 0.15) is 0 Å². The third-order valence-corrected chi connectivity index (χ3v) is 4.67. The first-order valence-electron chi connectivity index (χ1n) is 7.28. The molecule has 1 heterocycles. The average Bonchev–Trinajstić information content (AvgIpc) is 2.48. The highest BCUT2D eigenvalue weighted by Gasteiger charge is 2.22. The largest absolute Gasteiger partial charge is 0.365 e. The first-order valence-corrected chi connectivity index (χ1v) is 8.57. The number of hydrogen-bond donors (Lipinski definition) is 2. The summed E-state index contributed by atoms with van der Waals surface area (Å²) >= 11 is 1.90. The molecule has 1 aromatic heterocycles. The lowest BCUT2D eigenvalue weighted by Gasteiger charge is -2.29. The highest BCUT2D eigenvalue weighted by molar-refractivity contribution is 7.99. The number of hydrogen-bond acceptors (Lipinski definition) is 5. The second kappa shape index (κ2) is 7.67. The Morgan fingerprint density at radius 1 is 1.45 bits per heavy atom. The standard InChI is InChI=1S/C14H23FN4S/c1-3-7-16-14-17-9-12(15)13(19-14)18-10-5-4-6-11(8-10)20-2/h9-11H,3-8H2,1-2H3,(H2,16,17,18,19). The zero-order valence-electron chi connectivity index (χ0n) is 12.2. The van der Waals surface area contributed by atoms with Crippen LogP contribution in [0.3, 0.4) is 0 Å². The minimum absolute atomic E-state index is 0.310. The van der Waals surface area contributed by atoms with Crippen molar-refractivity contribution in [2.24, 2.45) is 0 Å². The number of rotatable bonds is 6. The second-order valence-electron chi connectivity index (χ2n) is 5.18. The Kier molecular flexibility index (Phi) is 5.88. The van der Waals surface area contributed by atoms with Crippen LogP contribution in [0, 0.1) is 5.82 Å². The molecular weight excluding hydrogens is 275 g/mol. The van der Waals surface area contributed by atoms with E-state index < -0.39 is 0 Å². The summed E-state index contributed by atoms with van der Waals surface area (Å²) in [7, 11) is 0. The molecule has 1 fully saturated rings. The zero-order chi connectivity index (χ0) is 14.4. The van der Waals surface area contributed by atoms with Gasteiger partial charge in [-0.15, -0.1) is 0 Å². The molecule has 2 N–H and O–H groups in total. The monoisotopic (exact) mass is 298 g/mol. The van der Waals surface area contributed by atoms with E-state index in [-0.39, 0.29) is 5.82 Å². The van der Waals surface area contributed by atoms with Crippen molar-refractivity contribution >= 4 is 23.5 Å². The summed E-state index contributed by atoms with van der Waals surface area (Å²) in [6.45, 7) is 2.86. The van der Waals surface area contributed by atoms with Crippen LogP contribution in [0.25, 0.3) is 0 Å². The van der Waals surface area contributed by atoms with E-state index in [0.717, 1.165) is 25.8 Å². The molecule has 112 valence electrons. The van der Waals surface area contributed by atoms with Crippen LogP contribution in [0.2, 0.25) is 0 Å². The van der Waals surface area contributed by atoms with Crippen molar-refractivity contribution in [3.8, 4) is 0 Å².